The van der Waals surface area contributed by atoms with Crippen LogP contribution in [0.5, 0.6) is 0 Å². The standard InChI is InChI=1S/C14H10BrF4N/c1-6-2-7(12(18)5-10(6)16)14(20)8-3-13(19)9(15)4-11(8)17/h2-5,14H,20H2,1H3. The van der Waals surface area contributed by atoms with Crippen LogP contribution in [0.1, 0.15) is 22.7 Å². The second kappa shape index (κ2) is 5.54. The molecule has 2 N–H and O–H groups in total. The highest BCUT2D eigenvalue weighted by Crippen LogP contribution is 2.29. The smallest absolute Gasteiger partial charge is 0.137 e. The van der Waals surface area contributed by atoms with Gasteiger partial charge in [-0.05, 0) is 46.6 Å². The summed E-state index contributed by atoms with van der Waals surface area (Å²) < 4.78 is 54.1. The molecule has 1 atom stereocenters. The lowest BCUT2D eigenvalue weighted by Crippen LogP contribution is -2.16. The summed E-state index contributed by atoms with van der Waals surface area (Å²) in [5, 5.41) is 0. The van der Waals surface area contributed by atoms with Gasteiger partial charge in [0, 0.05) is 17.2 Å². The van der Waals surface area contributed by atoms with Crippen LogP contribution >= 0.6 is 15.9 Å². The molecular weight excluding hydrogens is 338 g/mol. The SMILES string of the molecule is Cc1cc(C(N)c2cc(F)c(Br)cc2F)c(F)cc1F. The van der Waals surface area contributed by atoms with Gasteiger partial charge in [0.05, 0.1) is 10.5 Å². The maximum atomic E-state index is 13.8. The monoisotopic (exact) mass is 347 g/mol. The van der Waals surface area contributed by atoms with E-state index in [1.165, 1.54) is 13.0 Å². The Balaban J connectivity index is 2.54. The molecule has 20 heavy (non-hydrogen) atoms. The fourth-order valence-corrected chi connectivity index (χ4v) is 2.18. The Morgan fingerprint density at radius 1 is 0.850 bits per heavy atom. The molecule has 2 rings (SSSR count). The van der Waals surface area contributed by atoms with Crippen LogP contribution < -0.4 is 5.73 Å². The summed E-state index contributed by atoms with van der Waals surface area (Å²) in [6.45, 7) is 1.43. The summed E-state index contributed by atoms with van der Waals surface area (Å²) in [4.78, 5) is 0. The van der Waals surface area contributed by atoms with E-state index in [1.807, 2.05) is 0 Å². The topological polar surface area (TPSA) is 26.0 Å². The number of rotatable bonds is 2. The van der Waals surface area contributed by atoms with Crippen LogP contribution in [0.25, 0.3) is 0 Å². The molecule has 106 valence electrons. The molecule has 0 radical (unpaired) electrons. The molecule has 0 heterocycles. The van der Waals surface area contributed by atoms with Crippen molar-refractivity contribution in [1.82, 2.24) is 0 Å². The minimum absolute atomic E-state index is 0.0540. The fraction of sp³-hybridized carbons (Fsp3) is 0.143. The zero-order valence-corrected chi connectivity index (χ0v) is 11.9. The molecule has 2 aromatic carbocycles. The average molecular weight is 348 g/mol. The third-order valence-corrected chi connectivity index (χ3v) is 3.60. The minimum Gasteiger partial charge on any atom is -0.320 e. The average Bonchev–Trinajstić information content (AvgIpc) is 2.37. The molecule has 0 fully saturated rings. The van der Waals surface area contributed by atoms with Crippen molar-refractivity contribution in [2.75, 3.05) is 0 Å². The van der Waals surface area contributed by atoms with Crippen molar-refractivity contribution in [2.24, 2.45) is 5.73 Å². The van der Waals surface area contributed by atoms with Crippen LogP contribution in [0.15, 0.2) is 28.7 Å². The number of benzene rings is 2. The van der Waals surface area contributed by atoms with Crippen molar-refractivity contribution in [3.63, 3.8) is 0 Å². The zero-order chi connectivity index (χ0) is 15.0. The lowest BCUT2D eigenvalue weighted by atomic mass is 9.97. The third-order valence-electron chi connectivity index (χ3n) is 2.99. The highest BCUT2D eigenvalue weighted by molar-refractivity contribution is 9.10. The molecule has 0 aliphatic carbocycles. The van der Waals surface area contributed by atoms with Gasteiger partial charge in [0.1, 0.15) is 23.3 Å². The van der Waals surface area contributed by atoms with Gasteiger partial charge in [-0.15, -0.1) is 0 Å². The van der Waals surface area contributed by atoms with E-state index in [4.69, 9.17) is 5.73 Å². The van der Waals surface area contributed by atoms with E-state index in [2.05, 4.69) is 15.9 Å². The number of aryl methyl sites for hydroxylation is 1. The molecule has 0 saturated heterocycles. The number of nitrogens with two attached hydrogens (primary N) is 1. The second-order valence-electron chi connectivity index (χ2n) is 4.39. The first-order valence-corrected chi connectivity index (χ1v) is 6.46. The first-order valence-electron chi connectivity index (χ1n) is 5.66. The van der Waals surface area contributed by atoms with Gasteiger partial charge in [0.25, 0.3) is 0 Å². The van der Waals surface area contributed by atoms with Crippen molar-refractivity contribution >= 4 is 15.9 Å². The van der Waals surface area contributed by atoms with Gasteiger partial charge in [-0.3, -0.25) is 0 Å². The van der Waals surface area contributed by atoms with E-state index in [0.29, 0.717) is 6.07 Å². The molecule has 6 heteroatoms. The molecular formula is C14H10BrF4N. The maximum Gasteiger partial charge on any atom is 0.137 e. The quantitative estimate of drug-likeness (QED) is 0.633. The summed E-state index contributed by atoms with van der Waals surface area (Å²) in [5.74, 6) is -3.10. The lowest BCUT2D eigenvalue weighted by Gasteiger charge is -2.16. The lowest BCUT2D eigenvalue weighted by molar-refractivity contribution is 0.546. The van der Waals surface area contributed by atoms with Gasteiger partial charge in [0.2, 0.25) is 0 Å². The maximum absolute atomic E-state index is 13.8. The number of halogens is 5. The van der Waals surface area contributed by atoms with Crippen molar-refractivity contribution in [3.05, 3.63) is 68.7 Å². The summed E-state index contributed by atoms with van der Waals surface area (Å²) in [6.07, 6.45) is 0. The molecule has 0 amide bonds. The summed E-state index contributed by atoms with van der Waals surface area (Å²) in [6, 6.07) is 2.45. The minimum atomic E-state index is -1.23. The predicted molar refractivity (Wildman–Crippen MR) is 71.2 cm³/mol. The van der Waals surface area contributed by atoms with Gasteiger partial charge >= 0.3 is 0 Å². The Bertz CT molecular complexity index is 615. The van der Waals surface area contributed by atoms with Crippen LogP contribution in [0, 0.1) is 30.2 Å². The molecule has 0 saturated carbocycles. The molecule has 0 spiro atoms. The summed E-state index contributed by atoms with van der Waals surface area (Å²) in [7, 11) is 0. The first-order chi connectivity index (χ1) is 9.31. The summed E-state index contributed by atoms with van der Waals surface area (Å²) in [5.41, 5.74) is 5.66. The Morgan fingerprint density at radius 2 is 1.40 bits per heavy atom. The van der Waals surface area contributed by atoms with E-state index in [0.717, 1.165) is 12.1 Å². The van der Waals surface area contributed by atoms with Gasteiger partial charge in [-0.25, -0.2) is 17.6 Å². The Morgan fingerprint density at radius 3 is 2.05 bits per heavy atom. The van der Waals surface area contributed by atoms with E-state index in [9.17, 15) is 17.6 Å². The van der Waals surface area contributed by atoms with Gasteiger partial charge in [0.15, 0.2) is 0 Å². The third kappa shape index (κ3) is 2.71. The normalized spacial score (nSPS) is 12.6. The summed E-state index contributed by atoms with van der Waals surface area (Å²) >= 11 is 2.84. The zero-order valence-electron chi connectivity index (χ0n) is 10.4. The van der Waals surface area contributed by atoms with Crippen molar-refractivity contribution in [1.29, 1.82) is 0 Å². The number of hydrogen-bond donors (Lipinski definition) is 1. The fourth-order valence-electron chi connectivity index (χ4n) is 1.86. The molecule has 2 aromatic rings. The molecule has 0 aliphatic heterocycles. The second-order valence-corrected chi connectivity index (χ2v) is 5.24. The highest BCUT2D eigenvalue weighted by Gasteiger charge is 2.20. The Hall–Kier alpha value is -1.40. The van der Waals surface area contributed by atoms with Crippen LogP contribution in [0.4, 0.5) is 17.6 Å². The van der Waals surface area contributed by atoms with Gasteiger partial charge < -0.3 is 5.73 Å². The highest BCUT2D eigenvalue weighted by atomic mass is 79.9. The van der Waals surface area contributed by atoms with Crippen molar-refractivity contribution in [3.8, 4) is 0 Å². The van der Waals surface area contributed by atoms with Crippen molar-refractivity contribution < 1.29 is 17.6 Å². The molecule has 0 aliphatic rings. The van der Waals surface area contributed by atoms with Gasteiger partial charge in [-0.2, -0.15) is 0 Å². The molecule has 1 nitrogen and oxygen atoms in total. The number of hydrogen-bond acceptors (Lipinski definition) is 1. The van der Waals surface area contributed by atoms with E-state index in [1.54, 1.807) is 0 Å². The van der Waals surface area contributed by atoms with Crippen LogP contribution in [-0.2, 0) is 0 Å². The van der Waals surface area contributed by atoms with E-state index >= 15 is 0 Å². The van der Waals surface area contributed by atoms with Crippen LogP contribution in [0.3, 0.4) is 0 Å². The molecule has 0 aromatic heterocycles. The van der Waals surface area contributed by atoms with Gasteiger partial charge in [-0.1, -0.05) is 0 Å². The van der Waals surface area contributed by atoms with E-state index < -0.39 is 29.3 Å². The van der Waals surface area contributed by atoms with E-state index in [-0.39, 0.29) is 21.2 Å². The largest absolute Gasteiger partial charge is 0.320 e. The first kappa shape index (κ1) is 15.0. The Labute approximate surface area is 121 Å². The Kier molecular flexibility index (Phi) is 4.15. The molecule has 1 unspecified atom stereocenters. The van der Waals surface area contributed by atoms with Crippen molar-refractivity contribution in [2.45, 2.75) is 13.0 Å². The molecule has 0 bridgehead atoms. The van der Waals surface area contributed by atoms with Crippen LogP contribution in [0.2, 0.25) is 0 Å². The predicted octanol–water partition coefficient (Wildman–Crippen LogP) is 4.36. The van der Waals surface area contributed by atoms with Crippen LogP contribution in [-0.4, -0.2) is 0 Å².